The molecule has 158 valence electrons. The highest BCUT2D eigenvalue weighted by molar-refractivity contribution is 7.89. The molecule has 11 heteroatoms. The molecule has 2 N–H and O–H groups in total. The van der Waals surface area contributed by atoms with Gasteiger partial charge in [-0.15, -0.1) is 13.2 Å². The summed E-state index contributed by atoms with van der Waals surface area (Å²) < 4.78 is 66.4. The molecule has 0 radical (unpaired) electrons. The van der Waals surface area contributed by atoms with Gasteiger partial charge in [-0.1, -0.05) is 12.1 Å². The van der Waals surface area contributed by atoms with Gasteiger partial charge in [0.1, 0.15) is 5.75 Å². The quantitative estimate of drug-likeness (QED) is 0.703. The molecule has 0 aromatic heterocycles. The number of carbonyl (C=O) groups excluding carboxylic acids is 1. The SMILES string of the molecule is Cc1ccc(NC(=O)CNc2cccc(OC(F)(F)F)c2)cc1S(=O)(=O)N(C)C. The predicted molar refractivity (Wildman–Crippen MR) is 102 cm³/mol. The molecule has 0 aliphatic rings. The minimum Gasteiger partial charge on any atom is -0.406 e. The van der Waals surface area contributed by atoms with E-state index in [1.165, 1.54) is 32.3 Å². The first-order chi connectivity index (χ1) is 13.4. The van der Waals surface area contributed by atoms with E-state index in [1.807, 2.05) is 0 Å². The zero-order chi connectivity index (χ0) is 21.8. The van der Waals surface area contributed by atoms with Gasteiger partial charge >= 0.3 is 6.36 Å². The molecule has 29 heavy (non-hydrogen) atoms. The second kappa shape index (κ2) is 8.70. The molecule has 0 saturated carbocycles. The Labute approximate surface area is 166 Å². The van der Waals surface area contributed by atoms with E-state index >= 15 is 0 Å². The first kappa shape index (κ1) is 22.5. The molecular weight excluding hydrogens is 411 g/mol. The Morgan fingerprint density at radius 3 is 2.41 bits per heavy atom. The number of nitrogens with one attached hydrogen (secondary N) is 2. The molecule has 0 heterocycles. The van der Waals surface area contributed by atoms with Gasteiger partial charge < -0.3 is 15.4 Å². The topological polar surface area (TPSA) is 87.7 Å². The molecule has 0 atom stereocenters. The molecule has 2 aromatic rings. The van der Waals surface area contributed by atoms with E-state index in [0.29, 0.717) is 5.56 Å². The third-order valence-corrected chi connectivity index (χ3v) is 5.71. The Hall–Kier alpha value is -2.79. The van der Waals surface area contributed by atoms with Crippen molar-refractivity contribution < 1.29 is 31.1 Å². The molecule has 2 aromatic carbocycles. The summed E-state index contributed by atoms with van der Waals surface area (Å²) in [5.74, 6) is -0.927. The second-order valence-electron chi connectivity index (χ2n) is 6.25. The van der Waals surface area contributed by atoms with Crippen LogP contribution in [-0.4, -0.2) is 45.6 Å². The number of amides is 1. The minimum atomic E-state index is -4.81. The number of alkyl halides is 3. The van der Waals surface area contributed by atoms with Crippen molar-refractivity contribution in [3.05, 3.63) is 48.0 Å². The van der Waals surface area contributed by atoms with Crippen LogP contribution in [0.3, 0.4) is 0 Å². The number of carbonyl (C=O) groups is 1. The van der Waals surface area contributed by atoms with Crippen LogP contribution in [-0.2, 0) is 14.8 Å². The maximum Gasteiger partial charge on any atom is 0.573 e. The van der Waals surface area contributed by atoms with Gasteiger partial charge in [-0.3, -0.25) is 4.79 Å². The molecule has 0 bridgehead atoms. The monoisotopic (exact) mass is 431 g/mol. The number of halogens is 3. The van der Waals surface area contributed by atoms with Crippen molar-refractivity contribution in [3.8, 4) is 5.75 Å². The van der Waals surface area contributed by atoms with Crippen LogP contribution >= 0.6 is 0 Å². The largest absolute Gasteiger partial charge is 0.573 e. The van der Waals surface area contributed by atoms with Gasteiger partial charge in [0.2, 0.25) is 15.9 Å². The van der Waals surface area contributed by atoms with Gasteiger partial charge in [0.15, 0.2) is 0 Å². The van der Waals surface area contributed by atoms with Crippen LogP contribution in [0.1, 0.15) is 5.56 Å². The summed E-state index contributed by atoms with van der Waals surface area (Å²) >= 11 is 0. The highest BCUT2D eigenvalue weighted by Gasteiger charge is 2.31. The average Bonchev–Trinajstić information content (AvgIpc) is 2.60. The van der Waals surface area contributed by atoms with E-state index in [1.54, 1.807) is 19.1 Å². The van der Waals surface area contributed by atoms with E-state index in [0.717, 1.165) is 16.4 Å². The van der Waals surface area contributed by atoms with Crippen LogP contribution in [0.15, 0.2) is 47.4 Å². The van der Waals surface area contributed by atoms with Crippen LogP contribution in [0.25, 0.3) is 0 Å². The molecule has 1 amide bonds. The Morgan fingerprint density at radius 1 is 1.10 bits per heavy atom. The van der Waals surface area contributed by atoms with Gasteiger partial charge in [0.25, 0.3) is 0 Å². The number of benzene rings is 2. The van der Waals surface area contributed by atoms with Crippen molar-refractivity contribution in [2.75, 3.05) is 31.3 Å². The molecule has 0 fully saturated rings. The lowest BCUT2D eigenvalue weighted by atomic mass is 10.2. The standard InChI is InChI=1S/C18H20F3N3O4S/c1-12-7-8-14(10-16(12)29(26,27)24(2)3)23-17(25)11-22-13-5-4-6-15(9-13)28-18(19,20)21/h4-10,22H,11H2,1-3H3,(H,23,25). The van der Waals surface area contributed by atoms with Crippen LogP contribution < -0.4 is 15.4 Å². The fourth-order valence-corrected chi connectivity index (χ4v) is 3.49. The zero-order valence-corrected chi connectivity index (χ0v) is 16.7. The molecule has 0 unspecified atom stereocenters. The van der Waals surface area contributed by atoms with Crippen molar-refractivity contribution in [2.24, 2.45) is 0 Å². The van der Waals surface area contributed by atoms with Crippen molar-refractivity contribution in [1.29, 1.82) is 0 Å². The first-order valence-corrected chi connectivity index (χ1v) is 9.75. The smallest absolute Gasteiger partial charge is 0.406 e. The summed E-state index contributed by atoms with van der Waals surface area (Å²) in [4.78, 5) is 12.2. The molecule has 0 aliphatic carbocycles. The summed E-state index contributed by atoms with van der Waals surface area (Å²) in [5.41, 5.74) is 1.05. The molecule has 0 aliphatic heterocycles. The van der Waals surface area contributed by atoms with Crippen LogP contribution in [0.4, 0.5) is 24.5 Å². The number of aryl methyl sites for hydroxylation is 1. The number of nitrogens with zero attached hydrogens (tertiary/aromatic N) is 1. The van der Waals surface area contributed by atoms with Crippen molar-refractivity contribution in [1.82, 2.24) is 4.31 Å². The summed E-state index contributed by atoms with van der Waals surface area (Å²) in [6.45, 7) is 1.39. The lowest BCUT2D eigenvalue weighted by Crippen LogP contribution is -2.24. The third kappa shape index (κ3) is 6.36. The van der Waals surface area contributed by atoms with E-state index < -0.39 is 28.0 Å². The van der Waals surface area contributed by atoms with E-state index in [9.17, 15) is 26.4 Å². The van der Waals surface area contributed by atoms with E-state index in [2.05, 4.69) is 15.4 Å². The van der Waals surface area contributed by atoms with Crippen molar-refractivity contribution in [3.63, 3.8) is 0 Å². The number of anilines is 2. The van der Waals surface area contributed by atoms with Crippen LogP contribution in [0.2, 0.25) is 0 Å². The Kier molecular flexibility index (Phi) is 6.75. The highest BCUT2D eigenvalue weighted by atomic mass is 32.2. The van der Waals surface area contributed by atoms with Crippen LogP contribution in [0, 0.1) is 6.92 Å². The summed E-state index contributed by atoms with van der Waals surface area (Å²) in [6.07, 6.45) is -4.81. The van der Waals surface area contributed by atoms with E-state index in [4.69, 9.17) is 0 Å². The number of sulfonamides is 1. The average molecular weight is 431 g/mol. The van der Waals surface area contributed by atoms with Gasteiger partial charge in [0, 0.05) is 31.5 Å². The van der Waals surface area contributed by atoms with E-state index in [-0.39, 0.29) is 22.8 Å². The predicted octanol–water partition coefficient (Wildman–Crippen LogP) is 3.19. The van der Waals surface area contributed by atoms with Gasteiger partial charge in [-0.2, -0.15) is 0 Å². The van der Waals surface area contributed by atoms with Crippen molar-refractivity contribution >= 4 is 27.3 Å². The second-order valence-corrected chi connectivity index (χ2v) is 8.37. The Bertz CT molecular complexity index is 992. The number of ether oxygens (including phenoxy) is 1. The molecule has 2 rings (SSSR count). The minimum absolute atomic E-state index is 0.0604. The fraction of sp³-hybridized carbons (Fsp3) is 0.278. The lowest BCUT2D eigenvalue weighted by Gasteiger charge is -2.15. The maximum atomic E-state index is 12.3. The lowest BCUT2D eigenvalue weighted by molar-refractivity contribution is -0.274. The Balaban J connectivity index is 2.04. The number of hydrogen-bond acceptors (Lipinski definition) is 5. The fourth-order valence-electron chi connectivity index (χ4n) is 2.34. The third-order valence-electron chi connectivity index (χ3n) is 3.75. The normalized spacial score (nSPS) is 12.0. The number of hydrogen-bond donors (Lipinski definition) is 2. The maximum absolute atomic E-state index is 12.3. The van der Waals surface area contributed by atoms with Crippen molar-refractivity contribution in [2.45, 2.75) is 18.2 Å². The summed E-state index contributed by atoms with van der Waals surface area (Å²) in [5, 5.41) is 5.23. The molecule has 7 nitrogen and oxygen atoms in total. The summed E-state index contributed by atoms with van der Waals surface area (Å²) in [7, 11) is -0.874. The summed E-state index contributed by atoms with van der Waals surface area (Å²) in [6, 6.07) is 9.54. The zero-order valence-electron chi connectivity index (χ0n) is 15.9. The van der Waals surface area contributed by atoms with Crippen LogP contribution in [0.5, 0.6) is 5.75 Å². The molecule has 0 spiro atoms. The highest BCUT2D eigenvalue weighted by Crippen LogP contribution is 2.25. The molecular formula is C18H20F3N3O4S. The molecule has 0 saturated heterocycles. The van der Waals surface area contributed by atoms with Gasteiger partial charge in [-0.25, -0.2) is 12.7 Å². The van der Waals surface area contributed by atoms with Gasteiger partial charge in [0.05, 0.1) is 11.4 Å². The van der Waals surface area contributed by atoms with Gasteiger partial charge in [-0.05, 0) is 36.8 Å². The Morgan fingerprint density at radius 2 is 1.79 bits per heavy atom. The number of rotatable bonds is 7. The first-order valence-electron chi connectivity index (χ1n) is 8.31.